The molecule has 5 heteroatoms. The van der Waals surface area contributed by atoms with Crippen LogP contribution in [0.2, 0.25) is 0 Å². The lowest BCUT2D eigenvalue weighted by Gasteiger charge is -2.31. The smallest absolute Gasteiger partial charge is 0.150 e. The normalized spacial score (nSPS) is 24.7. The fourth-order valence-corrected chi connectivity index (χ4v) is 5.31. The van der Waals surface area contributed by atoms with Crippen LogP contribution in [-0.2, 0) is 9.84 Å². The van der Waals surface area contributed by atoms with Gasteiger partial charge in [-0.2, -0.15) is 0 Å². The van der Waals surface area contributed by atoms with Gasteiger partial charge in [-0.05, 0) is 43.7 Å². The maximum absolute atomic E-state index is 11.7. The van der Waals surface area contributed by atoms with Crippen LogP contribution < -0.4 is 5.73 Å². The van der Waals surface area contributed by atoms with Crippen molar-refractivity contribution in [2.24, 2.45) is 11.7 Å². The molecular weight excluding hydrogens is 302 g/mol. The second kappa shape index (κ2) is 7.16. The van der Waals surface area contributed by atoms with Crippen molar-refractivity contribution in [3.05, 3.63) is 29.8 Å². The summed E-state index contributed by atoms with van der Waals surface area (Å²) in [5.74, 6) is 1.18. The minimum Gasteiger partial charge on any atom is -0.327 e. The van der Waals surface area contributed by atoms with E-state index in [9.17, 15) is 8.42 Å². The van der Waals surface area contributed by atoms with Crippen molar-refractivity contribution < 1.29 is 8.42 Å². The van der Waals surface area contributed by atoms with E-state index in [4.69, 9.17) is 5.73 Å². The summed E-state index contributed by atoms with van der Waals surface area (Å²) < 4.78 is 23.5. The highest BCUT2D eigenvalue weighted by Gasteiger charge is 2.31. The van der Waals surface area contributed by atoms with Gasteiger partial charge in [0, 0.05) is 22.9 Å². The molecule has 3 nitrogen and oxygen atoms in total. The van der Waals surface area contributed by atoms with E-state index in [1.54, 1.807) is 11.8 Å². The highest BCUT2D eigenvalue weighted by Crippen LogP contribution is 2.32. The molecule has 1 aromatic rings. The fraction of sp³-hybridized carbons (Fsp3) is 0.625. The first-order valence-electron chi connectivity index (χ1n) is 7.51. The zero-order valence-electron chi connectivity index (χ0n) is 12.8. The molecule has 21 heavy (non-hydrogen) atoms. The second-order valence-corrected chi connectivity index (χ2v) is 9.51. The maximum atomic E-state index is 11.7. The summed E-state index contributed by atoms with van der Waals surface area (Å²) in [5, 5.41) is -0.189. The van der Waals surface area contributed by atoms with Crippen molar-refractivity contribution in [1.29, 1.82) is 0 Å². The molecule has 3 atom stereocenters. The molecule has 3 unspecified atom stereocenters. The number of benzene rings is 1. The van der Waals surface area contributed by atoms with Gasteiger partial charge >= 0.3 is 0 Å². The molecule has 0 saturated heterocycles. The van der Waals surface area contributed by atoms with Gasteiger partial charge in [0.05, 0.1) is 5.25 Å². The molecule has 2 rings (SSSR count). The lowest BCUT2D eigenvalue weighted by atomic mass is 9.84. The number of thioether (sulfide) groups is 1. The summed E-state index contributed by atoms with van der Waals surface area (Å²) in [6.07, 6.45) is 4.92. The van der Waals surface area contributed by atoms with E-state index in [2.05, 4.69) is 19.1 Å². The van der Waals surface area contributed by atoms with Gasteiger partial charge in [0.1, 0.15) is 9.84 Å². The monoisotopic (exact) mass is 327 g/mol. The molecule has 0 aromatic heterocycles. The Morgan fingerprint density at radius 1 is 1.33 bits per heavy atom. The average Bonchev–Trinajstić information content (AvgIpc) is 2.45. The van der Waals surface area contributed by atoms with E-state index in [0.717, 1.165) is 31.4 Å². The first-order chi connectivity index (χ1) is 9.88. The molecule has 0 bridgehead atoms. The molecule has 1 aromatic carbocycles. The summed E-state index contributed by atoms with van der Waals surface area (Å²) in [6.45, 7) is 2.11. The lowest BCUT2D eigenvalue weighted by molar-refractivity contribution is 0.319. The van der Waals surface area contributed by atoms with Crippen molar-refractivity contribution in [1.82, 2.24) is 0 Å². The van der Waals surface area contributed by atoms with E-state index < -0.39 is 9.84 Å². The predicted molar refractivity (Wildman–Crippen MR) is 90.5 cm³/mol. The number of hydrogen-bond donors (Lipinski definition) is 1. The van der Waals surface area contributed by atoms with E-state index >= 15 is 0 Å². The zero-order chi connectivity index (χ0) is 15.5. The van der Waals surface area contributed by atoms with Crippen LogP contribution in [-0.4, -0.2) is 31.7 Å². The molecule has 0 amide bonds. The first kappa shape index (κ1) is 16.8. The minimum atomic E-state index is -2.93. The SMILES string of the molecule is Cc1ccccc1SCC(N)C1CCCC(S(C)(=O)=O)C1. The van der Waals surface area contributed by atoms with E-state index in [0.29, 0.717) is 5.92 Å². The number of hydrogen-bond acceptors (Lipinski definition) is 4. The average molecular weight is 328 g/mol. The van der Waals surface area contributed by atoms with Crippen LogP contribution in [0.4, 0.5) is 0 Å². The second-order valence-electron chi connectivity index (χ2n) is 6.12. The largest absolute Gasteiger partial charge is 0.327 e. The minimum absolute atomic E-state index is 0.0687. The van der Waals surface area contributed by atoms with Crippen molar-refractivity contribution >= 4 is 21.6 Å². The molecule has 1 aliphatic carbocycles. The van der Waals surface area contributed by atoms with Crippen LogP contribution in [0, 0.1) is 12.8 Å². The van der Waals surface area contributed by atoms with Crippen LogP contribution in [0.3, 0.4) is 0 Å². The molecule has 0 spiro atoms. The summed E-state index contributed by atoms with van der Waals surface area (Å²) >= 11 is 1.78. The van der Waals surface area contributed by atoms with E-state index in [1.807, 2.05) is 12.1 Å². The quantitative estimate of drug-likeness (QED) is 0.845. The Morgan fingerprint density at radius 2 is 2.05 bits per heavy atom. The Morgan fingerprint density at radius 3 is 2.71 bits per heavy atom. The van der Waals surface area contributed by atoms with Gasteiger partial charge in [0.25, 0.3) is 0 Å². The number of aryl methyl sites for hydroxylation is 1. The van der Waals surface area contributed by atoms with Gasteiger partial charge in [-0.25, -0.2) is 8.42 Å². The third-order valence-corrected chi connectivity index (χ3v) is 7.36. The summed E-state index contributed by atoms with van der Waals surface area (Å²) in [4.78, 5) is 1.27. The van der Waals surface area contributed by atoms with Crippen molar-refractivity contribution in [3.63, 3.8) is 0 Å². The molecular formula is C16H25NO2S2. The first-order valence-corrected chi connectivity index (χ1v) is 10.4. The van der Waals surface area contributed by atoms with Gasteiger partial charge in [-0.1, -0.05) is 24.6 Å². The molecule has 1 saturated carbocycles. The Balaban J connectivity index is 1.91. The predicted octanol–water partition coefficient (Wildman–Crippen LogP) is 3.02. The van der Waals surface area contributed by atoms with E-state index in [1.165, 1.54) is 16.7 Å². The third-order valence-electron chi connectivity index (χ3n) is 4.40. The molecule has 1 aliphatic rings. The molecule has 2 N–H and O–H groups in total. The van der Waals surface area contributed by atoms with Crippen LogP contribution in [0.5, 0.6) is 0 Å². The molecule has 118 valence electrons. The number of rotatable bonds is 5. The van der Waals surface area contributed by atoms with Crippen LogP contribution in [0.25, 0.3) is 0 Å². The van der Waals surface area contributed by atoms with Gasteiger partial charge in [-0.3, -0.25) is 0 Å². The van der Waals surface area contributed by atoms with Crippen molar-refractivity contribution in [2.45, 2.75) is 48.8 Å². The Kier molecular flexibility index (Phi) is 5.74. The van der Waals surface area contributed by atoms with Gasteiger partial charge in [0.2, 0.25) is 0 Å². The Labute approximate surface area is 132 Å². The number of sulfone groups is 1. The topological polar surface area (TPSA) is 60.2 Å². The van der Waals surface area contributed by atoms with Crippen molar-refractivity contribution in [3.8, 4) is 0 Å². The molecule has 1 fully saturated rings. The maximum Gasteiger partial charge on any atom is 0.150 e. The fourth-order valence-electron chi connectivity index (χ4n) is 3.00. The van der Waals surface area contributed by atoms with Crippen molar-refractivity contribution in [2.75, 3.05) is 12.0 Å². The van der Waals surface area contributed by atoms with Crippen LogP contribution >= 0.6 is 11.8 Å². The standard InChI is InChI=1S/C16H25NO2S2/c1-12-6-3-4-9-16(12)20-11-15(17)13-7-5-8-14(10-13)21(2,18)19/h3-4,6,9,13-15H,5,7-8,10-11,17H2,1-2H3. The molecule has 0 heterocycles. The zero-order valence-corrected chi connectivity index (χ0v) is 14.4. The van der Waals surface area contributed by atoms with E-state index in [-0.39, 0.29) is 11.3 Å². The summed E-state index contributed by atoms with van der Waals surface area (Å²) in [5.41, 5.74) is 7.61. The Hall–Kier alpha value is -0.520. The lowest BCUT2D eigenvalue weighted by Crippen LogP contribution is -2.39. The van der Waals surface area contributed by atoms with Gasteiger partial charge in [-0.15, -0.1) is 11.8 Å². The van der Waals surface area contributed by atoms with Gasteiger partial charge in [0.15, 0.2) is 0 Å². The highest BCUT2D eigenvalue weighted by atomic mass is 32.2. The van der Waals surface area contributed by atoms with Crippen LogP contribution in [0.1, 0.15) is 31.2 Å². The summed E-state index contributed by atoms with van der Waals surface area (Å²) in [7, 11) is -2.93. The molecule has 0 aliphatic heterocycles. The third kappa shape index (κ3) is 4.73. The number of nitrogens with two attached hydrogens (primary N) is 1. The Bertz CT molecular complexity index is 571. The summed E-state index contributed by atoms with van der Waals surface area (Å²) in [6, 6.07) is 8.37. The van der Waals surface area contributed by atoms with Crippen LogP contribution in [0.15, 0.2) is 29.2 Å². The highest BCUT2D eigenvalue weighted by molar-refractivity contribution is 7.99. The van der Waals surface area contributed by atoms with Gasteiger partial charge < -0.3 is 5.73 Å². The molecule has 0 radical (unpaired) electrons.